The summed E-state index contributed by atoms with van der Waals surface area (Å²) in [6, 6.07) is 16.8. The van der Waals surface area contributed by atoms with Crippen LogP contribution in [-0.2, 0) is 18.3 Å². The molecule has 0 saturated carbocycles. The number of ether oxygens (including phenoxy) is 1. The molecule has 158 valence electrons. The molecule has 7 heteroatoms. The molecule has 2 aromatic carbocycles. The fourth-order valence-electron chi connectivity index (χ4n) is 3.50. The van der Waals surface area contributed by atoms with E-state index in [1.165, 1.54) is 0 Å². The van der Waals surface area contributed by atoms with Crippen LogP contribution in [0.2, 0.25) is 0 Å². The molecule has 1 unspecified atom stereocenters. The number of nitrogens with one attached hydrogen (secondary N) is 1. The van der Waals surface area contributed by atoms with Gasteiger partial charge in [0.2, 0.25) is 11.8 Å². The molecule has 0 spiro atoms. The van der Waals surface area contributed by atoms with E-state index in [2.05, 4.69) is 15.3 Å². The van der Waals surface area contributed by atoms with Gasteiger partial charge in [0.05, 0.1) is 19.2 Å². The molecule has 1 N–H and O–H groups in total. The van der Waals surface area contributed by atoms with E-state index in [4.69, 9.17) is 9.15 Å². The lowest BCUT2D eigenvalue weighted by molar-refractivity contribution is -0.121. The Kier molecular flexibility index (Phi) is 5.84. The Hall–Kier alpha value is -3.87. The van der Waals surface area contributed by atoms with Gasteiger partial charge in [0.1, 0.15) is 23.4 Å². The van der Waals surface area contributed by atoms with Crippen LogP contribution in [0.5, 0.6) is 5.75 Å². The summed E-state index contributed by atoms with van der Waals surface area (Å²) >= 11 is 0. The number of aromatic nitrogens is 3. The smallest absolute Gasteiger partial charge is 0.227 e. The first-order valence-corrected chi connectivity index (χ1v) is 9.98. The van der Waals surface area contributed by atoms with E-state index in [0.717, 1.165) is 11.1 Å². The van der Waals surface area contributed by atoms with E-state index in [1.807, 2.05) is 79.3 Å². The molecule has 0 radical (unpaired) electrons. The number of methoxy groups -OCH3 is 1. The summed E-state index contributed by atoms with van der Waals surface area (Å²) < 4.78 is 13.2. The molecule has 4 rings (SSSR count). The summed E-state index contributed by atoms with van der Waals surface area (Å²) in [5.41, 5.74) is 2.31. The van der Waals surface area contributed by atoms with Crippen molar-refractivity contribution in [2.24, 2.45) is 7.05 Å². The Morgan fingerprint density at radius 3 is 2.61 bits per heavy atom. The molecule has 0 saturated heterocycles. The minimum atomic E-state index is -0.468. The van der Waals surface area contributed by atoms with E-state index in [0.29, 0.717) is 28.9 Å². The molecule has 7 nitrogen and oxygen atoms in total. The Labute approximate surface area is 180 Å². The van der Waals surface area contributed by atoms with Crippen LogP contribution in [0.1, 0.15) is 28.9 Å². The highest BCUT2D eigenvalue weighted by Gasteiger charge is 2.25. The minimum absolute atomic E-state index is 0.0955. The van der Waals surface area contributed by atoms with Crippen molar-refractivity contribution in [1.29, 1.82) is 0 Å². The van der Waals surface area contributed by atoms with E-state index in [-0.39, 0.29) is 12.3 Å². The largest absolute Gasteiger partial charge is 0.496 e. The molecular formula is C24H24N4O3. The Morgan fingerprint density at radius 2 is 1.90 bits per heavy atom. The van der Waals surface area contributed by atoms with Crippen molar-refractivity contribution < 1.29 is 13.9 Å². The van der Waals surface area contributed by atoms with Gasteiger partial charge in [-0.05, 0) is 25.1 Å². The van der Waals surface area contributed by atoms with Gasteiger partial charge in [0, 0.05) is 30.6 Å². The summed E-state index contributed by atoms with van der Waals surface area (Å²) in [4.78, 5) is 22.0. The normalized spacial score (nSPS) is 11.8. The van der Waals surface area contributed by atoms with E-state index in [1.54, 1.807) is 13.3 Å². The van der Waals surface area contributed by atoms with Gasteiger partial charge in [-0.25, -0.2) is 9.97 Å². The maximum atomic E-state index is 13.0. The number of nitrogens with zero attached hydrogens (tertiary/aromatic N) is 3. The van der Waals surface area contributed by atoms with E-state index in [9.17, 15) is 4.79 Å². The molecular weight excluding hydrogens is 392 g/mol. The zero-order chi connectivity index (χ0) is 21.8. The van der Waals surface area contributed by atoms with Gasteiger partial charge in [-0.15, -0.1) is 0 Å². The standard InChI is InChI=1S/C24H24N4O3/c1-16-19(26-24(31-16)17-9-5-4-6-10-17)15-21(29)27-22(23-25-13-14-28(23)2)18-11-7-8-12-20(18)30-3/h4-14,22H,15H2,1-3H3,(H,27,29). The first-order valence-electron chi connectivity index (χ1n) is 9.98. The van der Waals surface area contributed by atoms with Gasteiger partial charge in [-0.3, -0.25) is 4.79 Å². The summed E-state index contributed by atoms with van der Waals surface area (Å²) in [7, 11) is 3.50. The number of imidazole rings is 1. The highest BCUT2D eigenvalue weighted by Crippen LogP contribution is 2.29. The van der Waals surface area contributed by atoms with E-state index < -0.39 is 6.04 Å². The number of amides is 1. The van der Waals surface area contributed by atoms with Gasteiger partial charge >= 0.3 is 0 Å². The first kappa shape index (κ1) is 20.4. The van der Waals surface area contributed by atoms with Crippen LogP contribution in [0.3, 0.4) is 0 Å². The molecule has 4 aromatic rings. The molecule has 2 heterocycles. The highest BCUT2D eigenvalue weighted by atomic mass is 16.5. The molecule has 0 aliphatic carbocycles. The maximum Gasteiger partial charge on any atom is 0.227 e. The first-order chi connectivity index (χ1) is 15.1. The van der Waals surface area contributed by atoms with Crippen LogP contribution in [0, 0.1) is 6.92 Å². The summed E-state index contributed by atoms with van der Waals surface area (Å²) in [5.74, 6) is 2.33. The molecule has 31 heavy (non-hydrogen) atoms. The SMILES string of the molecule is COc1ccccc1C(NC(=O)Cc1nc(-c2ccccc2)oc1C)c1nccn1C. The van der Waals surface area contributed by atoms with Crippen LogP contribution in [0.15, 0.2) is 71.4 Å². The van der Waals surface area contributed by atoms with Crippen LogP contribution in [0.4, 0.5) is 0 Å². The van der Waals surface area contributed by atoms with Crippen molar-refractivity contribution in [3.05, 3.63) is 89.8 Å². The van der Waals surface area contributed by atoms with Crippen molar-refractivity contribution in [3.8, 4) is 17.2 Å². The molecule has 0 aliphatic heterocycles. The van der Waals surface area contributed by atoms with E-state index >= 15 is 0 Å². The van der Waals surface area contributed by atoms with Crippen molar-refractivity contribution >= 4 is 5.91 Å². The lowest BCUT2D eigenvalue weighted by Gasteiger charge is -2.21. The third-order valence-electron chi connectivity index (χ3n) is 5.11. The summed E-state index contributed by atoms with van der Waals surface area (Å²) in [6.07, 6.45) is 3.65. The number of hydrogen-bond donors (Lipinski definition) is 1. The zero-order valence-electron chi connectivity index (χ0n) is 17.7. The predicted octanol–water partition coefficient (Wildman–Crippen LogP) is 3.84. The number of benzene rings is 2. The quantitative estimate of drug-likeness (QED) is 0.495. The fourth-order valence-corrected chi connectivity index (χ4v) is 3.50. The monoisotopic (exact) mass is 416 g/mol. The van der Waals surface area contributed by atoms with Crippen LogP contribution in [0.25, 0.3) is 11.5 Å². The van der Waals surface area contributed by atoms with Gasteiger partial charge < -0.3 is 19.0 Å². The number of rotatable bonds is 7. The zero-order valence-corrected chi connectivity index (χ0v) is 17.7. The number of para-hydroxylation sites is 1. The third kappa shape index (κ3) is 4.35. The lowest BCUT2D eigenvalue weighted by atomic mass is 10.0. The van der Waals surface area contributed by atoms with Crippen molar-refractivity contribution in [2.45, 2.75) is 19.4 Å². The molecule has 1 amide bonds. The molecule has 2 aromatic heterocycles. The summed E-state index contributed by atoms with van der Waals surface area (Å²) in [6.45, 7) is 1.82. The molecule has 0 aliphatic rings. The van der Waals surface area contributed by atoms with Gasteiger partial charge in [-0.1, -0.05) is 36.4 Å². The average molecular weight is 416 g/mol. The summed E-state index contributed by atoms with van der Waals surface area (Å²) in [5, 5.41) is 3.09. The number of carbonyl (C=O) groups excluding carboxylic acids is 1. The lowest BCUT2D eigenvalue weighted by Crippen LogP contribution is -2.32. The average Bonchev–Trinajstić information content (AvgIpc) is 3.38. The second-order valence-electron chi connectivity index (χ2n) is 7.20. The molecule has 1 atom stereocenters. The second-order valence-corrected chi connectivity index (χ2v) is 7.20. The van der Waals surface area contributed by atoms with Gasteiger partial charge in [0.25, 0.3) is 0 Å². The topological polar surface area (TPSA) is 82.2 Å². The molecule has 0 bridgehead atoms. The number of hydrogen-bond acceptors (Lipinski definition) is 5. The van der Waals surface area contributed by atoms with Crippen molar-refractivity contribution in [2.75, 3.05) is 7.11 Å². The number of aryl methyl sites for hydroxylation is 2. The van der Waals surface area contributed by atoms with Crippen LogP contribution >= 0.6 is 0 Å². The van der Waals surface area contributed by atoms with Gasteiger partial charge in [0.15, 0.2) is 0 Å². The van der Waals surface area contributed by atoms with Gasteiger partial charge in [-0.2, -0.15) is 0 Å². The number of carbonyl (C=O) groups is 1. The third-order valence-corrected chi connectivity index (χ3v) is 5.11. The fraction of sp³-hybridized carbons (Fsp3) is 0.208. The minimum Gasteiger partial charge on any atom is -0.496 e. The Balaban J connectivity index is 1.59. The van der Waals surface area contributed by atoms with Crippen LogP contribution in [-0.4, -0.2) is 27.6 Å². The Morgan fingerprint density at radius 1 is 1.16 bits per heavy atom. The van der Waals surface area contributed by atoms with Crippen molar-refractivity contribution in [3.63, 3.8) is 0 Å². The highest BCUT2D eigenvalue weighted by molar-refractivity contribution is 5.79. The molecule has 0 fully saturated rings. The van der Waals surface area contributed by atoms with Crippen molar-refractivity contribution in [1.82, 2.24) is 19.9 Å². The predicted molar refractivity (Wildman–Crippen MR) is 117 cm³/mol. The maximum absolute atomic E-state index is 13.0. The second kappa shape index (κ2) is 8.87. The Bertz CT molecular complexity index is 1180. The number of oxazole rings is 1. The van der Waals surface area contributed by atoms with Crippen LogP contribution < -0.4 is 10.1 Å².